The third-order valence-corrected chi connectivity index (χ3v) is 4.26. The van der Waals surface area contributed by atoms with E-state index in [-0.39, 0.29) is 6.10 Å². The first-order chi connectivity index (χ1) is 11.5. The van der Waals surface area contributed by atoms with Crippen molar-refractivity contribution in [2.24, 2.45) is 0 Å². The van der Waals surface area contributed by atoms with Gasteiger partial charge in [0, 0.05) is 19.6 Å². The van der Waals surface area contributed by atoms with E-state index in [2.05, 4.69) is 43.0 Å². The normalized spacial score (nSPS) is 14.2. The Morgan fingerprint density at radius 2 is 1.83 bits per heavy atom. The van der Waals surface area contributed by atoms with Crippen LogP contribution < -0.4 is 9.47 Å². The lowest BCUT2D eigenvalue weighted by molar-refractivity contribution is 0.118. The molecular weight excluding hydrogens is 302 g/mol. The first-order valence-electron chi connectivity index (χ1n) is 8.36. The lowest BCUT2D eigenvalue weighted by Gasteiger charge is -2.25. The summed E-state index contributed by atoms with van der Waals surface area (Å²) < 4.78 is 10.8. The summed E-state index contributed by atoms with van der Waals surface area (Å²) in [6.45, 7) is 8.56. The Kier molecular flexibility index (Phi) is 5.07. The van der Waals surface area contributed by atoms with Crippen LogP contribution in [0.1, 0.15) is 29.2 Å². The number of benzene rings is 2. The second-order valence-corrected chi connectivity index (χ2v) is 6.64. The summed E-state index contributed by atoms with van der Waals surface area (Å²) >= 11 is 0. The molecule has 128 valence electrons. The highest BCUT2D eigenvalue weighted by atomic mass is 16.7. The van der Waals surface area contributed by atoms with E-state index in [1.165, 1.54) is 16.7 Å². The number of ether oxygens (including phenoxy) is 2. The van der Waals surface area contributed by atoms with Gasteiger partial charge in [-0.1, -0.05) is 29.8 Å². The third-order valence-electron chi connectivity index (χ3n) is 4.26. The number of aryl methyl sites for hydroxylation is 2. The van der Waals surface area contributed by atoms with Crippen molar-refractivity contribution < 1.29 is 14.6 Å². The summed E-state index contributed by atoms with van der Waals surface area (Å²) in [5.41, 5.74) is 5.00. The Morgan fingerprint density at radius 1 is 1.04 bits per heavy atom. The SMILES string of the molecule is Cc1ccc(C)c(CN(Cc2ccc3c(c2)OCO3)C[C@@H](C)O)c1. The summed E-state index contributed by atoms with van der Waals surface area (Å²) in [5.74, 6) is 1.60. The quantitative estimate of drug-likeness (QED) is 0.883. The standard InChI is InChI=1S/C20H25NO3/c1-14-4-5-15(2)18(8-14)12-21(10-16(3)22)11-17-6-7-19-20(9-17)24-13-23-19/h4-9,16,22H,10-13H2,1-3H3/t16-/m1/s1. The molecule has 4 nitrogen and oxygen atoms in total. The summed E-state index contributed by atoms with van der Waals surface area (Å²) in [5, 5.41) is 9.87. The van der Waals surface area contributed by atoms with E-state index < -0.39 is 0 Å². The molecule has 1 heterocycles. The molecule has 0 spiro atoms. The Labute approximate surface area is 143 Å². The zero-order chi connectivity index (χ0) is 17.1. The first kappa shape index (κ1) is 16.8. The molecule has 2 aromatic carbocycles. The van der Waals surface area contributed by atoms with Crippen LogP contribution in [0.15, 0.2) is 36.4 Å². The molecule has 0 aliphatic carbocycles. The number of hydrogen-bond donors (Lipinski definition) is 1. The fraction of sp³-hybridized carbons (Fsp3) is 0.400. The van der Waals surface area contributed by atoms with Crippen LogP contribution in [0.3, 0.4) is 0 Å². The summed E-state index contributed by atoms with van der Waals surface area (Å²) in [4.78, 5) is 2.27. The van der Waals surface area contributed by atoms with Gasteiger partial charge in [-0.3, -0.25) is 4.90 Å². The highest BCUT2D eigenvalue weighted by Crippen LogP contribution is 2.33. The third kappa shape index (κ3) is 4.08. The van der Waals surface area contributed by atoms with Crippen molar-refractivity contribution in [1.82, 2.24) is 4.90 Å². The monoisotopic (exact) mass is 327 g/mol. The molecule has 4 heteroatoms. The van der Waals surface area contributed by atoms with Gasteiger partial charge in [0.2, 0.25) is 6.79 Å². The van der Waals surface area contributed by atoms with E-state index in [9.17, 15) is 5.11 Å². The van der Waals surface area contributed by atoms with Gasteiger partial charge in [0.1, 0.15) is 0 Å². The van der Waals surface area contributed by atoms with Crippen molar-refractivity contribution in [3.63, 3.8) is 0 Å². The van der Waals surface area contributed by atoms with E-state index >= 15 is 0 Å². The lowest BCUT2D eigenvalue weighted by Crippen LogP contribution is -2.30. The maximum Gasteiger partial charge on any atom is 0.231 e. The van der Waals surface area contributed by atoms with Crippen LogP contribution in [0.25, 0.3) is 0 Å². The number of aliphatic hydroxyl groups excluding tert-OH is 1. The Hall–Kier alpha value is -2.04. The topological polar surface area (TPSA) is 41.9 Å². The molecule has 3 rings (SSSR count). The Balaban J connectivity index is 1.77. The number of hydrogen-bond acceptors (Lipinski definition) is 4. The fourth-order valence-corrected chi connectivity index (χ4v) is 3.07. The van der Waals surface area contributed by atoms with Crippen LogP contribution in [-0.2, 0) is 13.1 Å². The predicted octanol–water partition coefficient (Wildman–Crippen LogP) is 3.42. The molecule has 0 fully saturated rings. The number of rotatable bonds is 6. The number of aliphatic hydroxyl groups is 1. The highest BCUT2D eigenvalue weighted by Gasteiger charge is 2.16. The van der Waals surface area contributed by atoms with E-state index in [0.717, 1.165) is 30.2 Å². The molecule has 0 unspecified atom stereocenters. The maximum atomic E-state index is 9.87. The van der Waals surface area contributed by atoms with E-state index in [0.29, 0.717) is 13.3 Å². The van der Waals surface area contributed by atoms with E-state index in [4.69, 9.17) is 9.47 Å². The smallest absolute Gasteiger partial charge is 0.231 e. The van der Waals surface area contributed by atoms with Crippen LogP contribution in [0.4, 0.5) is 0 Å². The maximum absolute atomic E-state index is 9.87. The molecule has 0 bridgehead atoms. The molecule has 0 saturated carbocycles. The fourth-order valence-electron chi connectivity index (χ4n) is 3.07. The van der Waals surface area contributed by atoms with Gasteiger partial charge in [0.15, 0.2) is 11.5 Å². The predicted molar refractivity (Wildman–Crippen MR) is 94.3 cm³/mol. The zero-order valence-corrected chi connectivity index (χ0v) is 14.6. The summed E-state index contributed by atoms with van der Waals surface area (Å²) in [6.07, 6.45) is -0.371. The van der Waals surface area contributed by atoms with E-state index in [1.54, 1.807) is 0 Å². The van der Waals surface area contributed by atoms with Crippen LogP contribution in [0, 0.1) is 13.8 Å². The number of fused-ring (bicyclic) bond motifs is 1. The van der Waals surface area contributed by atoms with Crippen molar-refractivity contribution >= 4 is 0 Å². The molecule has 0 saturated heterocycles. The van der Waals surface area contributed by atoms with Crippen LogP contribution in [-0.4, -0.2) is 29.4 Å². The molecule has 24 heavy (non-hydrogen) atoms. The van der Waals surface area contributed by atoms with Crippen LogP contribution in [0.2, 0.25) is 0 Å². The van der Waals surface area contributed by atoms with Crippen molar-refractivity contribution in [1.29, 1.82) is 0 Å². The average Bonchev–Trinajstić information content (AvgIpc) is 2.98. The molecule has 1 aliphatic heterocycles. The Bertz CT molecular complexity index is 712. The van der Waals surface area contributed by atoms with Gasteiger partial charge in [0.25, 0.3) is 0 Å². The molecule has 1 atom stereocenters. The second kappa shape index (κ2) is 7.24. The molecule has 0 radical (unpaired) electrons. The number of nitrogens with zero attached hydrogens (tertiary/aromatic N) is 1. The summed E-state index contributed by atoms with van der Waals surface area (Å²) in [7, 11) is 0. The first-order valence-corrected chi connectivity index (χ1v) is 8.36. The molecule has 0 amide bonds. The minimum Gasteiger partial charge on any atom is -0.454 e. The van der Waals surface area contributed by atoms with Gasteiger partial charge >= 0.3 is 0 Å². The van der Waals surface area contributed by atoms with Crippen molar-refractivity contribution in [2.75, 3.05) is 13.3 Å². The van der Waals surface area contributed by atoms with Crippen molar-refractivity contribution in [3.8, 4) is 11.5 Å². The van der Waals surface area contributed by atoms with Gasteiger partial charge in [-0.2, -0.15) is 0 Å². The molecule has 0 aromatic heterocycles. The zero-order valence-electron chi connectivity index (χ0n) is 14.6. The van der Waals surface area contributed by atoms with Crippen molar-refractivity contribution in [3.05, 3.63) is 58.7 Å². The van der Waals surface area contributed by atoms with Gasteiger partial charge < -0.3 is 14.6 Å². The minimum atomic E-state index is -0.371. The minimum absolute atomic E-state index is 0.290. The molecule has 1 aliphatic rings. The molecule has 2 aromatic rings. The second-order valence-electron chi connectivity index (χ2n) is 6.64. The average molecular weight is 327 g/mol. The molecular formula is C20H25NO3. The largest absolute Gasteiger partial charge is 0.454 e. The van der Waals surface area contributed by atoms with Crippen LogP contribution in [0.5, 0.6) is 11.5 Å². The van der Waals surface area contributed by atoms with Gasteiger partial charge in [-0.25, -0.2) is 0 Å². The van der Waals surface area contributed by atoms with Crippen molar-refractivity contribution in [2.45, 2.75) is 40.0 Å². The van der Waals surface area contributed by atoms with E-state index in [1.807, 2.05) is 19.1 Å². The molecule has 1 N–H and O–H groups in total. The Morgan fingerprint density at radius 3 is 2.62 bits per heavy atom. The van der Waals surface area contributed by atoms with Gasteiger partial charge in [-0.05, 0) is 49.6 Å². The van der Waals surface area contributed by atoms with Gasteiger partial charge in [-0.15, -0.1) is 0 Å². The lowest BCUT2D eigenvalue weighted by atomic mass is 10.0. The van der Waals surface area contributed by atoms with Gasteiger partial charge in [0.05, 0.1) is 6.10 Å². The highest BCUT2D eigenvalue weighted by molar-refractivity contribution is 5.44. The summed E-state index contributed by atoms with van der Waals surface area (Å²) in [6, 6.07) is 12.6. The van der Waals surface area contributed by atoms with Crippen LogP contribution >= 0.6 is 0 Å².